The Morgan fingerprint density at radius 2 is 1.47 bits per heavy atom. The van der Waals surface area contributed by atoms with Gasteiger partial charge in [-0.25, -0.2) is 0 Å². The molecule has 9 nitrogen and oxygen atoms in total. The van der Waals surface area contributed by atoms with Crippen LogP contribution in [0.15, 0.2) is 0 Å². The first-order valence-corrected chi connectivity index (χ1v) is 21.3. The molecule has 0 aromatic heterocycles. The minimum absolute atomic E-state index is 0.155. The highest BCUT2D eigenvalue weighted by molar-refractivity contribution is 7.35. The first kappa shape index (κ1) is 46.6. The Labute approximate surface area is 303 Å². The van der Waals surface area contributed by atoms with Gasteiger partial charge < -0.3 is 39.0 Å². The van der Waals surface area contributed by atoms with Gasteiger partial charge in [0.05, 0.1) is 24.2 Å². The largest absolute Gasteiger partial charge is 0.459 e. The Balaban J connectivity index is 0.000000712. The molecule has 0 spiro atoms. The summed E-state index contributed by atoms with van der Waals surface area (Å²) in [7, 11) is 7.29. The summed E-state index contributed by atoms with van der Waals surface area (Å²) in [5, 5.41) is 20.6. The van der Waals surface area contributed by atoms with Gasteiger partial charge >= 0.3 is 5.97 Å². The SMILES string of the molecule is CC1CC(N(C)C)CC(O)O1.CCC1OC(=O)C(C)C(O[C@H]2CC(C)CC(C)O2)C(C)CC(C)CC(C)CN(C)[C@H](C)C[C@]1(C)O.CPC. The van der Waals surface area contributed by atoms with Crippen LogP contribution in [0, 0.1) is 29.6 Å². The van der Waals surface area contributed by atoms with Crippen molar-refractivity contribution in [1.82, 2.24) is 9.80 Å². The van der Waals surface area contributed by atoms with Crippen molar-refractivity contribution in [3.63, 3.8) is 0 Å². The predicted molar refractivity (Wildman–Crippen MR) is 204 cm³/mol. The van der Waals surface area contributed by atoms with Crippen LogP contribution in [0.3, 0.4) is 0 Å². The van der Waals surface area contributed by atoms with Crippen LogP contribution in [0.5, 0.6) is 0 Å². The topological polar surface area (TPSA) is 101 Å². The number of ether oxygens (including phenoxy) is 4. The zero-order valence-electron chi connectivity index (χ0n) is 34.2. The number of hydrogen-bond acceptors (Lipinski definition) is 9. The van der Waals surface area contributed by atoms with Crippen LogP contribution in [-0.2, 0) is 23.7 Å². The summed E-state index contributed by atoms with van der Waals surface area (Å²) in [5.74, 6) is 1.03. The number of hydrogen-bond donors (Lipinski definition) is 2. The van der Waals surface area contributed by atoms with Crippen LogP contribution >= 0.6 is 8.58 Å². The van der Waals surface area contributed by atoms with Crippen LogP contribution in [0.2, 0.25) is 0 Å². The van der Waals surface area contributed by atoms with E-state index in [0.717, 1.165) is 53.7 Å². The van der Waals surface area contributed by atoms with E-state index in [1.807, 2.05) is 41.8 Å². The third kappa shape index (κ3) is 16.9. The molecule has 292 valence electrons. The molecule has 0 amide bonds. The van der Waals surface area contributed by atoms with Gasteiger partial charge in [-0.1, -0.05) is 34.6 Å². The van der Waals surface area contributed by atoms with Gasteiger partial charge in [0.1, 0.15) is 11.7 Å². The number of cyclic esters (lactones) is 1. The maximum absolute atomic E-state index is 13.5. The van der Waals surface area contributed by atoms with Crippen molar-refractivity contribution in [2.24, 2.45) is 29.6 Å². The molecule has 0 aromatic rings. The van der Waals surface area contributed by atoms with Gasteiger partial charge in [-0.3, -0.25) is 4.79 Å². The summed E-state index contributed by atoms with van der Waals surface area (Å²) in [6.45, 7) is 26.3. The second kappa shape index (κ2) is 22.6. The summed E-state index contributed by atoms with van der Waals surface area (Å²) in [4.78, 5) is 17.9. The molecule has 0 radical (unpaired) electrons. The zero-order valence-corrected chi connectivity index (χ0v) is 35.2. The van der Waals surface area contributed by atoms with Gasteiger partial charge in [0.25, 0.3) is 0 Å². The van der Waals surface area contributed by atoms with Gasteiger partial charge in [0, 0.05) is 31.5 Å². The molecule has 3 aliphatic rings. The van der Waals surface area contributed by atoms with Crippen molar-refractivity contribution in [2.45, 2.75) is 175 Å². The lowest BCUT2D eigenvalue weighted by Gasteiger charge is -2.39. The molecule has 0 saturated carbocycles. The molecule has 2 N–H and O–H groups in total. The number of carbonyl (C=O) groups excluding carboxylic acids is 1. The molecule has 49 heavy (non-hydrogen) atoms. The highest BCUT2D eigenvalue weighted by Gasteiger charge is 2.41. The second-order valence-corrected chi connectivity index (χ2v) is 17.7. The number of aliphatic hydroxyl groups excluding tert-OH is 1. The van der Waals surface area contributed by atoms with Crippen LogP contribution in [-0.4, -0.2) is 122 Å². The minimum atomic E-state index is -1.10. The fourth-order valence-corrected chi connectivity index (χ4v) is 8.10. The highest BCUT2D eigenvalue weighted by Crippen LogP contribution is 2.34. The van der Waals surface area contributed by atoms with E-state index in [9.17, 15) is 15.0 Å². The Kier molecular flexibility index (Phi) is 21.5. The molecule has 14 atom stereocenters. The van der Waals surface area contributed by atoms with Crippen molar-refractivity contribution in [3.8, 4) is 0 Å². The third-order valence-corrected chi connectivity index (χ3v) is 10.6. The van der Waals surface area contributed by atoms with Crippen LogP contribution in [0.1, 0.15) is 121 Å². The van der Waals surface area contributed by atoms with E-state index in [4.69, 9.17) is 18.9 Å². The number of carbonyl (C=O) groups is 1. The highest BCUT2D eigenvalue weighted by atomic mass is 31.1. The van der Waals surface area contributed by atoms with Crippen molar-refractivity contribution < 1.29 is 34.0 Å². The average Bonchev–Trinajstić information content (AvgIpc) is 2.96. The minimum Gasteiger partial charge on any atom is -0.459 e. The molecule has 10 heteroatoms. The van der Waals surface area contributed by atoms with Crippen molar-refractivity contribution >= 4 is 14.6 Å². The Morgan fingerprint density at radius 1 is 0.898 bits per heavy atom. The number of aliphatic hydroxyl groups is 2. The molecule has 11 unspecified atom stereocenters. The van der Waals surface area contributed by atoms with Crippen LogP contribution in [0.25, 0.3) is 0 Å². The standard InChI is InChI=1S/C29H55NO5.C8H17NO2.C2H7P/c1-11-25-29(9,32)16-22(6)30(10)17-20(4)12-18(2)13-21(5)27(24(8)28(31)34-25)35-26-15-19(3)14-23(7)33-26;1-6-4-7(9(2)3)5-8(10)11-6;1-3-2/h18-27,32H,11-17H2,1-10H3;6-8,10H,4-5H2,1-3H3;3H,1-2H3/t18?,19?,20?,21?,22-,23?,24?,25?,26+,27?,29+;;/m1../s1. The fourth-order valence-electron chi connectivity index (χ4n) is 8.10. The fraction of sp³-hybridized carbons (Fsp3) is 0.974. The van der Waals surface area contributed by atoms with Crippen molar-refractivity contribution in [3.05, 3.63) is 0 Å². The predicted octanol–water partition coefficient (Wildman–Crippen LogP) is 7.01. The van der Waals surface area contributed by atoms with Gasteiger partial charge in [-0.05, 0) is 131 Å². The van der Waals surface area contributed by atoms with Gasteiger partial charge in [0.15, 0.2) is 12.6 Å². The summed E-state index contributed by atoms with van der Waals surface area (Å²) >= 11 is 0. The molecule has 3 heterocycles. The Morgan fingerprint density at radius 3 is 2.00 bits per heavy atom. The third-order valence-electron chi connectivity index (χ3n) is 10.6. The van der Waals surface area contributed by atoms with Gasteiger partial charge in [-0.2, -0.15) is 0 Å². The van der Waals surface area contributed by atoms with Gasteiger partial charge in [-0.15, -0.1) is 8.58 Å². The lowest BCUT2D eigenvalue weighted by molar-refractivity contribution is -0.239. The lowest BCUT2D eigenvalue weighted by atomic mass is 9.83. The summed E-state index contributed by atoms with van der Waals surface area (Å²) in [6.07, 6.45) is 5.48. The molecule has 0 aliphatic carbocycles. The first-order valence-electron chi connectivity index (χ1n) is 19.3. The number of rotatable bonds is 4. The zero-order chi connectivity index (χ0) is 37.6. The van der Waals surface area contributed by atoms with Crippen LogP contribution in [0.4, 0.5) is 0 Å². The molecular weight excluding hydrogens is 639 g/mol. The van der Waals surface area contributed by atoms with Gasteiger partial charge in [0.2, 0.25) is 0 Å². The lowest BCUT2D eigenvalue weighted by Crippen LogP contribution is -2.49. The molecule has 0 bridgehead atoms. The van der Waals surface area contributed by atoms with E-state index in [2.05, 4.69) is 71.7 Å². The van der Waals surface area contributed by atoms with E-state index >= 15 is 0 Å². The van der Waals surface area contributed by atoms with Crippen molar-refractivity contribution in [1.29, 1.82) is 0 Å². The normalized spacial score (nSPS) is 42.0. The number of esters is 1. The van der Waals surface area contributed by atoms with Crippen molar-refractivity contribution in [2.75, 3.05) is 41.0 Å². The van der Waals surface area contributed by atoms with E-state index in [1.54, 1.807) is 0 Å². The first-order chi connectivity index (χ1) is 22.7. The molecule has 3 saturated heterocycles. The van der Waals surface area contributed by atoms with E-state index in [0.29, 0.717) is 36.6 Å². The molecular formula is C39H79N2O7P. The van der Waals surface area contributed by atoms with E-state index in [1.165, 1.54) is 0 Å². The maximum Gasteiger partial charge on any atom is 0.311 e. The maximum atomic E-state index is 13.5. The smallest absolute Gasteiger partial charge is 0.311 e. The Hall–Kier alpha value is -0.380. The quantitative estimate of drug-likeness (QED) is 0.235. The number of nitrogens with zero attached hydrogens (tertiary/aromatic N) is 2. The Bertz CT molecular complexity index is 891. The molecule has 3 rings (SSSR count). The van der Waals surface area contributed by atoms with E-state index in [-0.39, 0.29) is 42.5 Å². The van der Waals surface area contributed by atoms with E-state index < -0.39 is 23.9 Å². The average molecular weight is 719 g/mol. The summed E-state index contributed by atoms with van der Waals surface area (Å²) in [6, 6.07) is 0.647. The molecule has 0 aromatic carbocycles. The monoisotopic (exact) mass is 719 g/mol. The molecule has 3 aliphatic heterocycles. The second-order valence-electron chi connectivity index (χ2n) is 16.7. The molecule has 3 fully saturated rings. The summed E-state index contributed by atoms with van der Waals surface area (Å²) < 4.78 is 23.9. The van der Waals surface area contributed by atoms with Crippen LogP contribution < -0.4 is 0 Å². The summed E-state index contributed by atoms with van der Waals surface area (Å²) in [5.41, 5.74) is -1.10.